The van der Waals surface area contributed by atoms with E-state index in [0.29, 0.717) is 41.2 Å². The predicted octanol–water partition coefficient (Wildman–Crippen LogP) is 5.00. The number of nitrogens with zero attached hydrogens (tertiary/aromatic N) is 4. The van der Waals surface area contributed by atoms with Crippen molar-refractivity contribution in [3.8, 4) is 11.1 Å². The van der Waals surface area contributed by atoms with Crippen LogP contribution in [0.5, 0.6) is 0 Å². The number of aromatic nitrogens is 2. The molecule has 5 rings (SSSR count). The Labute approximate surface area is 208 Å². The maximum absolute atomic E-state index is 14.6. The Morgan fingerprint density at radius 3 is 2.36 bits per heavy atom. The van der Waals surface area contributed by atoms with Gasteiger partial charge in [-0.25, -0.2) is 13.8 Å². The van der Waals surface area contributed by atoms with Crippen molar-refractivity contribution >= 4 is 17.4 Å². The van der Waals surface area contributed by atoms with Crippen molar-refractivity contribution in [2.24, 2.45) is 0 Å². The molecule has 6 nitrogen and oxygen atoms in total. The summed E-state index contributed by atoms with van der Waals surface area (Å²) in [4.78, 5) is 25.4. The molecular weight excluding hydrogens is 460 g/mol. The number of nitrogens with one attached hydrogen (secondary N) is 1. The summed E-state index contributed by atoms with van der Waals surface area (Å²) in [7, 11) is 0. The van der Waals surface area contributed by atoms with Crippen LogP contribution < -0.4 is 10.2 Å². The Morgan fingerprint density at radius 2 is 1.67 bits per heavy atom. The van der Waals surface area contributed by atoms with Crippen LogP contribution in [-0.4, -0.2) is 47.0 Å². The second-order valence-corrected chi connectivity index (χ2v) is 8.59. The summed E-state index contributed by atoms with van der Waals surface area (Å²) in [5, 5.41) is 3.09. The molecule has 3 heterocycles. The predicted molar refractivity (Wildman–Crippen MR) is 136 cm³/mol. The number of carbonyl (C=O) groups is 1. The van der Waals surface area contributed by atoms with Crippen molar-refractivity contribution in [1.82, 2.24) is 14.9 Å². The van der Waals surface area contributed by atoms with Crippen LogP contribution in [-0.2, 0) is 6.54 Å². The van der Waals surface area contributed by atoms with E-state index in [1.807, 2.05) is 17.0 Å². The van der Waals surface area contributed by atoms with E-state index in [1.54, 1.807) is 55.0 Å². The van der Waals surface area contributed by atoms with Gasteiger partial charge in [-0.1, -0.05) is 24.3 Å². The third kappa shape index (κ3) is 5.33. The summed E-state index contributed by atoms with van der Waals surface area (Å²) in [6, 6.07) is 18.3. The summed E-state index contributed by atoms with van der Waals surface area (Å²) < 4.78 is 28.1. The van der Waals surface area contributed by atoms with Crippen molar-refractivity contribution in [2.45, 2.75) is 6.54 Å². The number of pyridine rings is 2. The monoisotopic (exact) mass is 485 g/mol. The van der Waals surface area contributed by atoms with Gasteiger partial charge in [-0.3, -0.25) is 9.78 Å². The quantitative estimate of drug-likeness (QED) is 0.417. The van der Waals surface area contributed by atoms with Gasteiger partial charge in [0.15, 0.2) is 0 Å². The lowest BCUT2D eigenvalue weighted by atomic mass is 10.0. The number of piperazine rings is 1. The van der Waals surface area contributed by atoms with Gasteiger partial charge in [0.1, 0.15) is 17.5 Å². The highest BCUT2D eigenvalue weighted by molar-refractivity contribution is 5.94. The lowest BCUT2D eigenvalue weighted by Crippen LogP contribution is -2.48. The lowest BCUT2D eigenvalue weighted by Gasteiger charge is -2.36. The fraction of sp³-hybridized carbons (Fsp3) is 0.179. The molecule has 1 amide bonds. The molecule has 4 aromatic rings. The van der Waals surface area contributed by atoms with Crippen LogP contribution in [0.3, 0.4) is 0 Å². The lowest BCUT2D eigenvalue weighted by molar-refractivity contribution is 0.0746. The second-order valence-electron chi connectivity index (χ2n) is 8.59. The number of rotatable bonds is 6. The van der Waals surface area contributed by atoms with E-state index < -0.39 is 0 Å². The maximum Gasteiger partial charge on any atom is 0.255 e. The fourth-order valence-electron chi connectivity index (χ4n) is 4.25. The van der Waals surface area contributed by atoms with Gasteiger partial charge in [0.05, 0.1) is 5.56 Å². The number of carbonyl (C=O) groups excluding carboxylic acids is 1. The fourth-order valence-corrected chi connectivity index (χ4v) is 4.25. The minimum atomic E-state index is -0.387. The molecule has 1 aliphatic rings. The molecule has 182 valence electrons. The first-order valence-corrected chi connectivity index (χ1v) is 11.8. The minimum Gasteiger partial charge on any atom is -0.368 e. The Hall–Kier alpha value is -4.33. The molecule has 0 saturated carbocycles. The SMILES string of the molecule is O=C(c1ccc(NCc2ccc(-c3cccc(F)c3)cc2F)nc1)N1CCN(c2ccncc2)CC1. The van der Waals surface area contributed by atoms with Crippen molar-refractivity contribution in [1.29, 1.82) is 0 Å². The van der Waals surface area contributed by atoms with E-state index >= 15 is 0 Å². The van der Waals surface area contributed by atoms with Crippen LogP contribution in [0.2, 0.25) is 0 Å². The Balaban J connectivity index is 1.16. The van der Waals surface area contributed by atoms with Gasteiger partial charge in [0.2, 0.25) is 0 Å². The Kier molecular flexibility index (Phi) is 6.84. The Morgan fingerprint density at radius 1 is 0.889 bits per heavy atom. The van der Waals surface area contributed by atoms with E-state index in [1.165, 1.54) is 18.2 Å². The number of amides is 1. The zero-order chi connectivity index (χ0) is 24.9. The number of halogens is 2. The molecule has 2 aromatic carbocycles. The third-order valence-corrected chi connectivity index (χ3v) is 6.28. The molecule has 36 heavy (non-hydrogen) atoms. The van der Waals surface area contributed by atoms with Gasteiger partial charge in [0.25, 0.3) is 5.91 Å². The zero-order valence-electron chi connectivity index (χ0n) is 19.6. The molecule has 8 heteroatoms. The van der Waals surface area contributed by atoms with Crippen LogP contribution in [0.25, 0.3) is 11.1 Å². The maximum atomic E-state index is 14.6. The zero-order valence-corrected chi connectivity index (χ0v) is 19.6. The highest BCUT2D eigenvalue weighted by atomic mass is 19.1. The van der Waals surface area contributed by atoms with Gasteiger partial charge in [0, 0.05) is 62.6 Å². The molecule has 0 aliphatic carbocycles. The van der Waals surface area contributed by atoms with Crippen LogP contribution in [0.15, 0.2) is 85.3 Å². The van der Waals surface area contributed by atoms with E-state index in [0.717, 1.165) is 18.8 Å². The molecule has 0 spiro atoms. The number of anilines is 2. The molecule has 1 fully saturated rings. The minimum absolute atomic E-state index is 0.0533. The molecule has 1 N–H and O–H groups in total. The van der Waals surface area contributed by atoms with Gasteiger partial charge < -0.3 is 15.1 Å². The molecule has 0 radical (unpaired) electrons. The first-order valence-electron chi connectivity index (χ1n) is 11.8. The van der Waals surface area contributed by atoms with Crippen LogP contribution in [0.4, 0.5) is 20.3 Å². The van der Waals surface area contributed by atoms with E-state index in [2.05, 4.69) is 20.2 Å². The number of hydrogen-bond donors (Lipinski definition) is 1. The molecule has 0 atom stereocenters. The van der Waals surface area contributed by atoms with Gasteiger partial charge >= 0.3 is 0 Å². The van der Waals surface area contributed by atoms with Gasteiger partial charge in [-0.2, -0.15) is 0 Å². The summed E-state index contributed by atoms with van der Waals surface area (Å²) in [6.07, 6.45) is 5.08. The summed E-state index contributed by atoms with van der Waals surface area (Å²) in [5.74, 6) is -0.258. The molecule has 0 bridgehead atoms. The normalized spacial score (nSPS) is 13.5. The first kappa shape index (κ1) is 23.4. The highest BCUT2D eigenvalue weighted by Crippen LogP contribution is 2.23. The van der Waals surface area contributed by atoms with E-state index in [-0.39, 0.29) is 24.1 Å². The van der Waals surface area contributed by atoms with Crippen LogP contribution in [0, 0.1) is 11.6 Å². The summed E-state index contributed by atoms with van der Waals surface area (Å²) in [5.41, 5.74) is 3.31. The first-order chi connectivity index (χ1) is 17.6. The topological polar surface area (TPSA) is 61.4 Å². The second kappa shape index (κ2) is 10.5. The molecule has 2 aromatic heterocycles. The third-order valence-electron chi connectivity index (χ3n) is 6.28. The average Bonchev–Trinajstić information content (AvgIpc) is 2.93. The molecular formula is C28H25F2N5O. The standard InChI is InChI=1S/C28H25F2N5O/c29-24-3-1-2-20(16-24)21-4-5-22(26(30)17-21)18-32-27-7-6-23(19-33-27)28(36)35-14-12-34(13-15-35)25-8-10-31-11-9-25/h1-11,16-17,19H,12-15,18H2,(H,32,33). The van der Waals surface area contributed by atoms with Gasteiger partial charge in [-0.15, -0.1) is 0 Å². The number of hydrogen-bond acceptors (Lipinski definition) is 5. The smallest absolute Gasteiger partial charge is 0.255 e. The van der Waals surface area contributed by atoms with Crippen molar-refractivity contribution in [3.05, 3.63) is 108 Å². The molecule has 1 saturated heterocycles. The largest absolute Gasteiger partial charge is 0.368 e. The summed E-state index contributed by atoms with van der Waals surface area (Å²) >= 11 is 0. The highest BCUT2D eigenvalue weighted by Gasteiger charge is 2.22. The Bertz CT molecular complexity index is 1340. The van der Waals surface area contributed by atoms with E-state index in [4.69, 9.17) is 0 Å². The van der Waals surface area contributed by atoms with Crippen LogP contribution >= 0.6 is 0 Å². The van der Waals surface area contributed by atoms with Crippen molar-refractivity contribution < 1.29 is 13.6 Å². The summed E-state index contributed by atoms with van der Waals surface area (Å²) in [6.45, 7) is 3.00. The van der Waals surface area contributed by atoms with Gasteiger partial charge in [-0.05, 0) is 53.6 Å². The number of benzene rings is 2. The molecule has 1 aliphatic heterocycles. The van der Waals surface area contributed by atoms with Crippen molar-refractivity contribution in [2.75, 3.05) is 36.4 Å². The van der Waals surface area contributed by atoms with Crippen molar-refractivity contribution in [3.63, 3.8) is 0 Å². The van der Waals surface area contributed by atoms with Crippen LogP contribution in [0.1, 0.15) is 15.9 Å². The average molecular weight is 486 g/mol. The molecule has 0 unspecified atom stereocenters. The van der Waals surface area contributed by atoms with E-state index in [9.17, 15) is 13.6 Å².